The second-order valence-electron chi connectivity index (χ2n) is 4.37. The van der Waals surface area contributed by atoms with Crippen LogP contribution in [0.25, 0.3) is 0 Å². The molecule has 4 nitrogen and oxygen atoms in total. The Morgan fingerprint density at radius 3 is 2.23 bits per heavy atom. The molecule has 2 rings (SSSR count). The number of methoxy groups -OCH3 is 1. The van der Waals surface area contributed by atoms with Crippen LogP contribution >= 0.6 is 23.2 Å². The fourth-order valence-electron chi connectivity index (χ4n) is 1.82. The van der Waals surface area contributed by atoms with E-state index in [0.29, 0.717) is 15.6 Å². The molecule has 0 bridgehead atoms. The van der Waals surface area contributed by atoms with E-state index in [1.54, 1.807) is 36.4 Å². The number of hydrogen-bond acceptors (Lipinski definition) is 4. The number of ether oxygens (including phenoxy) is 2. The maximum atomic E-state index is 12.2. The second kappa shape index (κ2) is 7.29. The molecule has 2 aromatic rings. The van der Waals surface area contributed by atoms with Gasteiger partial charge in [-0.05, 0) is 30.3 Å². The summed E-state index contributed by atoms with van der Waals surface area (Å²) in [5, 5.41) is 0.817. The fraction of sp³-hybridized carbons (Fsp3) is 0.125. The molecule has 0 aliphatic rings. The molecule has 0 amide bonds. The molecule has 1 unspecified atom stereocenters. The molecule has 6 heteroatoms. The quantitative estimate of drug-likeness (QED) is 0.788. The Balaban J connectivity index is 2.27. The maximum absolute atomic E-state index is 12.2. The van der Waals surface area contributed by atoms with Gasteiger partial charge in [0.05, 0.1) is 12.7 Å². The summed E-state index contributed by atoms with van der Waals surface area (Å²) in [6.07, 6.45) is -1.20. The third-order valence-corrected chi connectivity index (χ3v) is 3.32. The van der Waals surface area contributed by atoms with Crippen molar-refractivity contribution in [3.63, 3.8) is 0 Å². The minimum atomic E-state index is -1.20. The summed E-state index contributed by atoms with van der Waals surface area (Å²) in [5.41, 5.74) is 0.665. The van der Waals surface area contributed by atoms with Gasteiger partial charge in [-0.25, -0.2) is 9.59 Å². The first kappa shape index (κ1) is 16.3. The van der Waals surface area contributed by atoms with E-state index < -0.39 is 18.0 Å². The van der Waals surface area contributed by atoms with Gasteiger partial charge >= 0.3 is 11.9 Å². The largest absolute Gasteiger partial charge is 0.466 e. The molecule has 0 aromatic heterocycles. The molecule has 0 radical (unpaired) electrons. The molecule has 0 N–H and O–H groups in total. The molecule has 2 aromatic carbocycles. The first-order valence-corrected chi connectivity index (χ1v) is 7.06. The number of hydrogen-bond donors (Lipinski definition) is 0. The zero-order valence-corrected chi connectivity index (χ0v) is 13.1. The number of rotatable bonds is 4. The molecule has 0 fully saturated rings. The van der Waals surface area contributed by atoms with Crippen LogP contribution in [-0.4, -0.2) is 19.0 Å². The van der Waals surface area contributed by atoms with Crippen molar-refractivity contribution in [2.75, 3.05) is 7.11 Å². The van der Waals surface area contributed by atoms with Crippen molar-refractivity contribution in [2.45, 2.75) is 6.10 Å². The third-order valence-electron chi connectivity index (χ3n) is 2.85. The van der Waals surface area contributed by atoms with Crippen LogP contribution in [0.3, 0.4) is 0 Å². The first-order valence-electron chi connectivity index (χ1n) is 6.31. The molecule has 1 atom stereocenters. The van der Waals surface area contributed by atoms with E-state index in [-0.39, 0.29) is 5.56 Å². The van der Waals surface area contributed by atoms with Crippen molar-refractivity contribution >= 4 is 35.1 Å². The standard InChI is InChI=1S/C16H12Cl2O4/c1-21-16(20)14(10-4-2-6-12(17)8-10)22-15(19)11-5-3-7-13(18)9-11/h2-9,14H,1H3. The topological polar surface area (TPSA) is 52.6 Å². The highest BCUT2D eigenvalue weighted by molar-refractivity contribution is 6.31. The van der Waals surface area contributed by atoms with Crippen molar-refractivity contribution in [2.24, 2.45) is 0 Å². The maximum Gasteiger partial charge on any atom is 0.351 e. The lowest BCUT2D eigenvalue weighted by atomic mass is 10.1. The van der Waals surface area contributed by atoms with Crippen LogP contribution in [0, 0.1) is 0 Å². The lowest BCUT2D eigenvalue weighted by Gasteiger charge is -2.16. The van der Waals surface area contributed by atoms with Gasteiger partial charge in [0.1, 0.15) is 0 Å². The smallest absolute Gasteiger partial charge is 0.351 e. The summed E-state index contributed by atoms with van der Waals surface area (Å²) < 4.78 is 9.94. The van der Waals surface area contributed by atoms with E-state index in [2.05, 4.69) is 4.74 Å². The molecular formula is C16H12Cl2O4. The number of carbonyl (C=O) groups is 2. The summed E-state index contributed by atoms with van der Waals surface area (Å²) in [4.78, 5) is 24.1. The van der Waals surface area contributed by atoms with Crippen molar-refractivity contribution < 1.29 is 19.1 Å². The minimum Gasteiger partial charge on any atom is -0.466 e. The predicted molar refractivity (Wildman–Crippen MR) is 83.1 cm³/mol. The molecule has 0 aliphatic carbocycles. The van der Waals surface area contributed by atoms with Gasteiger partial charge in [-0.2, -0.15) is 0 Å². The Labute approximate surface area is 137 Å². The first-order chi connectivity index (χ1) is 10.5. The van der Waals surface area contributed by atoms with E-state index in [4.69, 9.17) is 27.9 Å². The van der Waals surface area contributed by atoms with Crippen molar-refractivity contribution in [3.8, 4) is 0 Å². The summed E-state index contributed by atoms with van der Waals surface area (Å²) in [7, 11) is 1.22. The predicted octanol–water partition coefficient (Wildman–Crippen LogP) is 4.06. The van der Waals surface area contributed by atoms with E-state index >= 15 is 0 Å². The van der Waals surface area contributed by atoms with Crippen LogP contribution in [0.5, 0.6) is 0 Å². The Morgan fingerprint density at radius 1 is 1.00 bits per heavy atom. The SMILES string of the molecule is COC(=O)C(OC(=O)c1cccc(Cl)c1)c1cccc(Cl)c1. The van der Waals surface area contributed by atoms with Crippen molar-refractivity contribution in [3.05, 3.63) is 69.7 Å². The summed E-state index contributed by atoms with van der Waals surface area (Å²) in [6, 6.07) is 12.7. The summed E-state index contributed by atoms with van der Waals surface area (Å²) in [5.74, 6) is -1.38. The van der Waals surface area contributed by atoms with Crippen LogP contribution in [0.2, 0.25) is 10.0 Å². The van der Waals surface area contributed by atoms with Gasteiger partial charge in [0, 0.05) is 15.6 Å². The Morgan fingerprint density at radius 2 is 1.64 bits per heavy atom. The van der Waals surface area contributed by atoms with E-state index in [1.165, 1.54) is 19.2 Å². The Kier molecular flexibility index (Phi) is 5.41. The van der Waals surface area contributed by atoms with E-state index in [0.717, 1.165) is 0 Å². The molecule has 0 saturated carbocycles. The molecule has 114 valence electrons. The number of carbonyl (C=O) groups excluding carboxylic acids is 2. The highest BCUT2D eigenvalue weighted by Gasteiger charge is 2.26. The monoisotopic (exact) mass is 338 g/mol. The lowest BCUT2D eigenvalue weighted by molar-refractivity contribution is -0.151. The van der Waals surface area contributed by atoms with E-state index in [9.17, 15) is 9.59 Å². The number of benzene rings is 2. The third kappa shape index (κ3) is 4.00. The minimum absolute atomic E-state index is 0.239. The molecule has 0 saturated heterocycles. The average Bonchev–Trinajstić information content (AvgIpc) is 2.51. The van der Waals surface area contributed by atoms with Gasteiger partial charge in [0.2, 0.25) is 6.10 Å². The highest BCUT2D eigenvalue weighted by atomic mass is 35.5. The van der Waals surface area contributed by atoms with Gasteiger partial charge < -0.3 is 9.47 Å². The van der Waals surface area contributed by atoms with Gasteiger partial charge in [0.25, 0.3) is 0 Å². The second-order valence-corrected chi connectivity index (χ2v) is 5.25. The van der Waals surface area contributed by atoms with Crippen LogP contribution in [0.15, 0.2) is 48.5 Å². The molecule has 22 heavy (non-hydrogen) atoms. The van der Waals surface area contributed by atoms with E-state index in [1.807, 2.05) is 0 Å². The van der Waals surface area contributed by atoms with Crippen LogP contribution in [0.1, 0.15) is 22.0 Å². The van der Waals surface area contributed by atoms with Crippen LogP contribution in [-0.2, 0) is 14.3 Å². The molecule has 0 spiro atoms. The number of esters is 2. The van der Waals surface area contributed by atoms with Gasteiger partial charge in [0.15, 0.2) is 0 Å². The lowest BCUT2D eigenvalue weighted by Crippen LogP contribution is -2.21. The zero-order valence-electron chi connectivity index (χ0n) is 11.6. The van der Waals surface area contributed by atoms with Crippen molar-refractivity contribution in [1.82, 2.24) is 0 Å². The van der Waals surface area contributed by atoms with Crippen LogP contribution < -0.4 is 0 Å². The normalized spacial score (nSPS) is 11.6. The van der Waals surface area contributed by atoms with Gasteiger partial charge in [-0.1, -0.05) is 41.4 Å². The van der Waals surface area contributed by atoms with Gasteiger partial charge in [-0.3, -0.25) is 0 Å². The van der Waals surface area contributed by atoms with Crippen LogP contribution in [0.4, 0.5) is 0 Å². The van der Waals surface area contributed by atoms with Crippen molar-refractivity contribution in [1.29, 1.82) is 0 Å². The molecular weight excluding hydrogens is 327 g/mol. The Hall–Kier alpha value is -2.04. The highest BCUT2D eigenvalue weighted by Crippen LogP contribution is 2.24. The van der Waals surface area contributed by atoms with Gasteiger partial charge in [-0.15, -0.1) is 0 Å². The molecule has 0 heterocycles. The summed E-state index contributed by atoms with van der Waals surface area (Å²) >= 11 is 11.7. The fourth-order valence-corrected chi connectivity index (χ4v) is 2.21. The zero-order chi connectivity index (χ0) is 16.1. The Bertz CT molecular complexity index is 700. The molecule has 0 aliphatic heterocycles. The summed E-state index contributed by atoms with van der Waals surface area (Å²) in [6.45, 7) is 0. The average molecular weight is 339 g/mol. The number of halogens is 2.